The standard InChI is InChI=1S/C10H15FN2O/c11-9-6-7(1-3-12)5-8(2-4-13)10(9)14/h5-6,14H,1-4,12-13H2. The Hall–Kier alpha value is -1.13. The zero-order chi connectivity index (χ0) is 10.6. The van der Waals surface area contributed by atoms with E-state index < -0.39 is 5.82 Å². The molecule has 0 amide bonds. The molecule has 0 radical (unpaired) electrons. The molecule has 1 aromatic rings. The van der Waals surface area contributed by atoms with Crippen LogP contribution in [0.3, 0.4) is 0 Å². The Labute approximate surface area is 82.5 Å². The van der Waals surface area contributed by atoms with Crippen LogP contribution in [0.2, 0.25) is 0 Å². The van der Waals surface area contributed by atoms with Crippen LogP contribution in [-0.4, -0.2) is 18.2 Å². The summed E-state index contributed by atoms with van der Waals surface area (Å²) < 4.78 is 13.2. The molecule has 0 saturated carbocycles. The first-order chi connectivity index (χ1) is 6.69. The summed E-state index contributed by atoms with van der Waals surface area (Å²) in [7, 11) is 0. The van der Waals surface area contributed by atoms with Gasteiger partial charge in [0.2, 0.25) is 0 Å². The average molecular weight is 198 g/mol. The molecule has 0 heterocycles. The molecule has 78 valence electrons. The van der Waals surface area contributed by atoms with Crippen molar-refractivity contribution in [2.24, 2.45) is 11.5 Å². The molecule has 5 N–H and O–H groups in total. The van der Waals surface area contributed by atoms with Gasteiger partial charge in [0, 0.05) is 0 Å². The third-order valence-electron chi connectivity index (χ3n) is 2.05. The highest BCUT2D eigenvalue weighted by Crippen LogP contribution is 2.23. The Morgan fingerprint density at radius 3 is 2.36 bits per heavy atom. The maximum Gasteiger partial charge on any atom is 0.165 e. The molecule has 0 aromatic heterocycles. The van der Waals surface area contributed by atoms with Crippen molar-refractivity contribution in [3.8, 4) is 5.75 Å². The Kier molecular flexibility index (Phi) is 3.85. The van der Waals surface area contributed by atoms with Crippen molar-refractivity contribution >= 4 is 0 Å². The first-order valence-electron chi connectivity index (χ1n) is 4.59. The fraction of sp³-hybridized carbons (Fsp3) is 0.400. The smallest absolute Gasteiger partial charge is 0.165 e. The van der Waals surface area contributed by atoms with E-state index in [0.29, 0.717) is 31.5 Å². The van der Waals surface area contributed by atoms with Crippen LogP contribution >= 0.6 is 0 Å². The molecule has 14 heavy (non-hydrogen) atoms. The van der Waals surface area contributed by atoms with Gasteiger partial charge in [0.15, 0.2) is 11.6 Å². The lowest BCUT2D eigenvalue weighted by atomic mass is 10.0. The lowest BCUT2D eigenvalue weighted by Crippen LogP contribution is -2.06. The van der Waals surface area contributed by atoms with Gasteiger partial charge >= 0.3 is 0 Å². The summed E-state index contributed by atoms with van der Waals surface area (Å²) in [4.78, 5) is 0. The molecule has 3 nitrogen and oxygen atoms in total. The predicted octanol–water partition coefficient (Wildman–Crippen LogP) is 0.534. The third kappa shape index (κ3) is 2.43. The number of phenols is 1. The molecule has 0 aliphatic carbocycles. The minimum Gasteiger partial charge on any atom is -0.505 e. The highest BCUT2D eigenvalue weighted by atomic mass is 19.1. The second kappa shape index (κ2) is 4.93. The van der Waals surface area contributed by atoms with Crippen molar-refractivity contribution in [1.82, 2.24) is 0 Å². The lowest BCUT2D eigenvalue weighted by Gasteiger charge is -2.07. The molecule has 0 bridgehead atoms. The fourth-order valence-corrected chi connectivity index (χ4v) is 1.38. The van der Waals surface area contributed by atoms with Crippen molar-refractivity contribution in [1.29, 1.82) is 0 Å². The molecule has 0 fully saturated rings. The van der Waals surface area contributed by atoms with E-state index in [9.17, 15) is 9.50 Å². The van der Waals surface area contributed by atoms with Gasteiger partial charge in [-0.2, -0.15) is 0 Å². The minimum atomic E-state index is -0.598. The van der Waals surface area contributed by atoms with Crippen LogP contribution in [0.25, 0.3) is 0 Å². The molecule has 1 aromatic carbocycles. The molecule has 0 atom stereocenters. The van der Waals surface area contributed by atoms with Crippen molar-refractivity contribution in [3.05, 3.63) is 29.1 Å². The van der Waals surface area contributed by atoms with Gasteiger partial charge in [-0.15, -0.1) is 0 Å². The van der Waals surface area contributed by atoms with Gasteiger partial charge < -0.3 is 16.6 Å². The van der Waals surface area contributed by atoms with Gasteiger partial charge in [-0.25, -0.2) is 4.39 Å². The van der Waals surface area contributed by atoms with Gasteiger partial charge in [-0.05, 0) is 43.1 Å². The van der Waals surface area contributed by atoms with Crippen LogP contribution < -0.4 is 11.5 Å². The summed E-state index contributed by atoms with van der Waals surface area (Å²) in [6.45, 7) is 0.853. The van der Waals surface area contributed by atoms with Gasteiger partial charge in [0.25, 0.3) is 0 Å². The monoisotopic (exact) mass is 198 g/mol. The second-order valence-corrected chi connectivity index (χ2v) is 3.16. The lowest BCUT2D eigenvalue weighted by molar-refractivity contribution is 0.425. The SMILES string of the molecule is NCCc1cc(F)c(O)c(CCN)c1. The maximum absolute atomic E-state index is 13.2. The largest absolute Gasteiger partial charge is 0.505 e. The van der Waals surface area contributed by atoms with Gasteiger partial charge in [0.1, 0.15) is 0 Å². The zero-order valence-electron chi connectivity index (χ0n) is 7.96. The number of benzene rings is 1. The topological polar surface area (TPSA) is 72.3 Å². The second-order valence-electron chi connectivity index (χ2n) is 3.16. The highest BCUT2D eigenvalue weighted by Gasteiger charge is 2.08. The molecule has 4 heteroatoms. The van der Waals surface area contributed by atoms with E-state index in [2.05, 4.69) is 0 Å². The molecule has 1 rings (SSSR count). The average Bonchev–Trinajstić information content (AvgIpc) is 2.14. The number of aromatic hydroxyl groups is 1. The van der Waals surface area contributed by atoms with Gasteiger partial charge in [-0.3, -0.25) is 0 Å². The Bertz CT molecular complexity index is 315. The Morgan fingerprint density at radius 2 is 1.79 bits per heavy atom. The van der Waals surface area contributed by atoms with Crippen LogP contribution in [0.5, 0.6) is 5.75 Å². The summed E-state index contributed by atoms with van der Waals surface area (Å²) in [6, 6.07) is 3.06. The summed E-state index contributed by atoms with van der Waals surface area (Å²) in [5.74, 6) is -0.893. The number of nitrogens with two attached hydrogens (primary N) is 2. The first kappa shape index (κ1) is 10.9. The van der Waals surface area contributed by atoms with Gasteiger partial charge in [-0.1, -0.05) is 6.07 Å². The first-order valence-corrected chi connectivity index (χ1v) is 4.59. The zero-order valence-corrected chi connectivity index (χ0v) is 7.96. The van der Waals surface area contributed by atoms with E-state index in [1.165, 1.54) is 6.07 Å². The molecular weight excluding hydrogens is 183 g/mol. The molecule has 0 unspecified atom stereocenters. The number of hydrogen-bond acceptors (Lipinski definition) is 3. The van der Waals surface area contributed by atoms with E-state index >= 15 is 0 Å². The van der Waals surface area contributed by atoms with E-state index in [-0.39, 0.29) is 5.75 Å². The minimum absolute atomic E-state index is 0.295. The van der Waals surface area contributed by atoms with Crippen molar-refractivity contribution in [3.63, 3.8) is 0 Å². The molecule has 0 saturated heterocycles. The number of halogens is 1. The van der Waals surface area contributed by atoms with Crippen molar-refractivity contribution in [2.45, 2.75) is 12.8 Å². The molecule has 0 aliphatic rings. The number of phenolic OH excluding ortho intramolecular Hbond substituents is 1. The molecule has 0 spiro atoms. The maximum atomic E-state index is 13.2. The van der Waals surface area contributed by atoms with E-state index in [0.717, 1.165) is 5.56 Å². The van der Waals surface area contributed by atoms with E-state index in [4.69, 9.17) is 11.5 Å². The van der Waals surface area contributed by atoms with Crippen LogP contribution in [0.15, 0.2) is 12.1 Å². The fourth-order valence-electron chi connectivity index (χ4n) is 1.38. The number of rotatable bonds is 4. The van der Waals surface area contributed by atoms with Crippen LogP contribution in [0, 0.1) is 5.82 Å². The van der Waals surface area contributed by atoms with Crippen molar-refractivity contribution < 1.29 is 9.50 Å². The molecular formula is C10H15FN2O. The summed E-state index contributed by atoms with van der Waals surface area (Å²) in [6.07, 6.45) is 1.08. The third-order valence-corrected chi connectivity index (χ3v) is 2.05. The molecule has 0 aliphatic heterocycles. The van der Waals surface area contributed by atoms with E-state index in [1.807, 2.05) is 0 Å². The normalized spacial score (nSPS) is 10.5. The van der Waals surface area contributed by atoms with Crippen LogP contribution in [-0.2, 0) is 12.8 Å². The Balaban J connectivity index is 3.01. The predicted molar refractivity (Wildman–Crippen MR) is 53.6 cm³/mol. The summed E-state index contributed by atoms with van der Waals surface area (Å²) >= 11 is 0. The Morgan fingerprint density at radius 1 is 1.14 bits per heavy atom. The summed E-state index contributed by atoms with van der Waals surface area (Å²) in [5, 5.41) is 9.36. The quantitative estimate of drug-likeness (QED) is 0.661. The highest BCUT2D eigenvalue weighted by molar-refractivity contribution is 5.38. The number of hydrogen-bond donors (Lipinski definition) is 3. The van der Waals surface area contributed by atoms with Gasteiger partial charge in [0.05, 0.1) is 0 Å². The van der Waals surface area contributed by atoms with Crippen LogP contribution in [0.4, 0.5) is 4.39 Å². The van der Waals surface area contributed by atoms with E-state index in [1.54, 1.807) is 6.07 Å². The van der Waals surface area contributed by atoms with Crippen LogP contribution in [0.1, 0.15) is 11.1 Å². The summed E-state index contributed by atoms with van der Waals surface area (Å²) in [5.41, 5.74) is 12.1. The van der Waals surface area contributed by atoms with Crippen molar-refractivity contribution in [2.75, 3.05) is 13.1 Å².